The van der Waals surface area contributed by atoms with Gasteiger partial charge in [0.1, 0.15) is 11.5 Å². The Bertz CT molecular complexity index is 777. The molecule has 0 atom stereocenters. The SMILES string of the molecule is CCOc1ccc(Oc2cccc(C=C3CCN(C(=O)O)CC3)c2)nc1. The summed E-state index contributed by atoms with van der Waals surface area (Å²) >= 11 is 0. The highest BCUT2D eigenvalue weighted by Gasteiger charge is 2.17. The standard InChI is InChI=1S/C20H22N2O4/c1-2-25-18-6-7-19(21-14-18)26-17-5-3-4-16(13-17)12-15-8-10-22(11-9-15)20(23)24/h3-7,12-14H,2,8-11H2,1H3,(H,23,24). The van der Waals surface area contributed by atoms with Crippen LogP contribution in [-0.2, 0) is 0 Å². The zero-order chi connectivity index (χ0) is 18.4. The molecule has 2 heterocycles. The molecule has 1 aromatic carbocycles. The van der Waals surface area contributed by atoms with Crippen molar-refractivity contribution in [2.45, 2.75) is 19.8 Å². The summed E-state index contributed by atoms with van der Waals surface area (Å²) in [7, 11) is 0. The van der Waals surface area contributed by atoms with E-state index in [0.717, 1.165) is 18.4 Å². The molecular weight excluding hydrogens is 332 g/mol. The van der Waals surface area contributed by atoms with Gasteiger partial charge in [-0.1, -0.05) is 23.8 Å². The number of carbonyl (C=O) groups is 1. The van der Waals surface area contributed by atoms with Gasteiger partial charge in [-0.15, -0.1) is 0 Å². The van der Waals surface area contributed by atoms with E-state index in [9.17, 15) is 4.79 Å². The molecule has 1 aliphatic heterocycles. The first-order chi connectivity index (χ1) is 12.6. The molecule has 1 amide bonds. The number of piperidine rings is 1. The topological polar surface area (TPSA) is 71.9 Å². The molecule has 3 rings (SSSR count). The summed E-state index contributed by atoms with van der Waals surface area (Å²) < 4.78 is 11.2. The van der Waals surface area contributed by atoms with Gasteiger partial charge in [0.05, 0.1) is 12.8 Å². The van der Waals surface area contributed by atoms with E-state index in [-0.39, 0.29) is 0 Å². The van der Waals surface area contributed by atoms with Crippen molar-refractivity contribution in [3.63, 3.8) is 0 Å². The van der Waals surface area contributed by atoms with E-state index in [1.807, 2.05) is 37.3 Å². The van der Waals surface area contributed by atoms with Crippen LogP contribution >= 0.6 is 0 Å². The number of amides is 1. The van der Waals surface area contributed by atoms with Gasteiger partial charge in [0.15, 0.2) is 0 Å². The van der Waals surface area contributed by atoms with Gasteiger partial charge in [-0.2, -0.15) is 0 Å². The number of hydrogen-bond donors (Lipinski definition) is 1. The van der Waals surface area contributed by atoms with E-state index in [4.69, 9.17) is 14.6 Å². The summed E-state index contributed by atoms with van der Waals surface area (Å²) in [6, 6.07) is 11.4. The first-order valence-corrected chi connectivity index (χ1v) is 8.68. The molecular formula is C20H22N2O4. The summed E-state index contributed by atoms with van der Waals surface area (Å²) in [4.78, 5) is 16.7. The Hall–Kier alpha value is -3.02. The second kappa shape index (κ2) is 8.38. The van der Waals surface area contributed by atoms with Crippen molar-refractivity contribution in [1.29, 1.82) is 0 Å². The fourth-order valence-corrected chi connectivity index (χ4v) is 2.83. The smallest absolute Gasteiger partial charge is 0.407 e. The van der Waals surface area contributed by atoms with E-state index < -0.39 is 6.09 Å². The van der Waals surface area contributed by atoms with Crippen molar-refractivity contribution in [2.24, 2.45) is 0 Å². The van der Waals surface area contributed by atoms with Crippen LogP contribution in [0.3, 0.4) is 0 Å². The quantitative estimate of drug-likeness (QED) is 0.860. The average molecular weight is 354 g/mol. The van der Waals surface area contributed by atoms with Gasteiger partial charge in [0.25, 0.3) is 0 Å². The van der Waals surface area contributed by atoms with Crippen molar-refractivity contribution < 1.29 is 19.4 Å². The molecule has 6 heteroatoms. The zero-order valence-electron chi connectivity index (χ0n) is 14.7. The van der Waals surface area contributed by atoms with E-state index >= 15 is 0 Å². The van der Waals surface area contributed by atoms with E-state index in [1.165, 1.54) is 10.5 Å². The lowest BCUT2D eigenvalue weighted by Crippen LogP contribution is -2.35. The third-order valence-electron chi connectivity index (χ3n) is 4.15. The van der Waals surface area contributed by atoms with Crippen LogP contribution in [0.1, 0.15) is 25.3 Å². The van der Waals surface area contributed by atoms with Gasteiger partial charge in [0.2, 0.25) is 5.88 Å². The van der Waals surface area contributed by atoms with Crippen molar-refractivity contribution in [2.75, 3.05) is 19.7 Å². The van der Waals surface area contributed by atoms with Gasteiger partial charge in [0, 0.05) is 19.2 Å². The molecule has 0 unspecified atom stereocenters. The number of hydrogen-bond acceptors (Lipinski definition) is 4. The molecule has 0 radical (unpaired) electrons. The fraction of sp³-hybridized carbons (Fsp3) is 0.300. The third-order valence-corrected chi connectivity index (χ3v) is 4.15. The number of likely N-dealkylation sites (tertiary alicyclic amines) is 1. The largest absolute Gasteiger partial charge is 0.492 e. The number of aromatic nitrogens is 1. The van der Waals surface area contributed by atoms with Crippen LogP contribution < -0.4 is 9.47 Å². The third kappa shape index (κ3) is 4.75. The Kier molecular flexibility index (Phi) is 5.73. The fourth-order valence-electron chi connectivity index (χ4n) is 2.83. The molecule has 6 nitrogen and oxygen atoms in total. The maximum Gasteiger partial charge on any atom is 0.407 e. The predicted octanol–water partition coefficient (Wildman–Crippen LogP) is 4.43. The molecule has 2 aromatic rings. The van der Waals surface area contributed by atoms with Crippen molar-refractivity contribution in [3.05, 3.63) is 53.7 Å². The first kappa shape index (κ1) is 17.8. The Morgan fingerprint density at radius 2 is 2.04 bits per heavy atom. The second-order valence-corrected chi connectivity index (χ2v) is 6.01. The van der Waals surface area contributed by atoms with Gasteiger partial charge in [-0.25, -0.2) is 9.78 Å². The number of ether oxygens (including phenoxy) is 2. The maximum absolute atomic E-state index is 11.0. The molecule has 0 saturated carbocycles. The van der Waals surface area contributed by atoms with E-state index in [1.54, 1.807) is 12.3 Å². The average Bonchev–Trinajstić information content (AvgIpc) is 2.64. The van der Waals surface area contributed by atoms with E-state index in [2.05, 4.69) is 11.1 Å². The van der Waals surface area contributed by atoms with E-state index in [0.29, 0.717) is 37.1 Å². The van der Waals surface area contributed by atoms with Crippen LogP contribution in [0.5, 0.6) is 17.4 Å². The van der Waals surface area contributed by atoms with Crippen LogP contribution in [-0.4, -0.2) is 40.8 Å². The minimum Gasteiger partial charge on any atom is -0.492 e. The van der Waals surface area contributed by atoms with Crippen molar-refractivity contribution >= 4 is 12.2 Å². The summed E-state index contributed by atoms with van der Waals surface area (Å²) in [5, 5.41) is 9.01. The highest BCUT2D eigenvalue weighted by molar-refractivity contribution is 5.65. The number of carboxylic acid groups (broad SMARTS) is 1. The molecule has 136 valence electrons. The highest BCUT2D eigenvalue weighted by Crippen LogP contribution is 2.25. The van der Waals surface area contributed by atoms with Crippen LogP contribution in [0.4, 0.5) is 4.79 Å². The molecule has 1 aromatic heterocycles. The van der Waals surface area contributed by atoms with Crippen LogP contribution in [0, 0.1) is 0 Å². The van der Waals surface area contributed by atoms with Crippen LogP contribution in [0.25, 0.3) is 6.08 Å². The molecule has 0 aliphatic carbocycles. The first-order valence-electron chi connectivity index (χ1n) is 8.68. The van der Waals surface area contributed by atoms with Crippen LogP contribution in [0.15, 0.2) is 48.2 Å². The molecule has 1 fully saturated rings. The lowest BCUT2D eigenvalue weighted by Gasteiger charge is -2.25. The molecule has 1 aliphatic rings. The maximum atomic E-state index is 11.0. The van der Waals surface area contributed by atoms with Crippen LogP contribution in [0.2, 0.25) is 0 Å². The molecule has 0 spiro atoms. The van der Waals surface area contributed by atoms with Gasteiger partial charge < -0.3 is 19.5 Å². The Morgan fingerprint density at radius 1 is 1.23 bits per heavy atom. The number of rotatable bonds is 5. The normalized spacial score (nSPS) is 14.0. The van der Waals surface area contributed by atoms with Gasteiger partial charge in [-0.05, 0) is 43.5 Å². The molecule has 1 N–H and O–H groups in total. The Labute approximate surface area is 152 Å². The van der Waals surface area contributed by atoms with Crippen molar-refractivity contribution in [3.8, 4) is 17.4 Å². The number of benzene rings is 1. The monoisotopic (exact) mass is 354 g/mol. The summed E-state index contributed by atoms with van der Waals surface area (Å²) in [6.45, 7) is 3.62. The lowest BCUT2D eigenvalue weighted by atomic mass is 10.0. The Balaban J connectivity index is 1.65. The second-order valence-electron chi connectivity index (χ2n) is 6.01. The lowest BCUT2D eigenvalue weighted by molar-refractivity contribution is 0.142. The summed E-state index contributed by atoms with van der Waals surface area (Å²) in [5.41, 5.74) is 2.28. The number of pyridine rings is 1. The van der Waals surface area contributed by atoms with Gasteiger partial charge in [-0.3, -0.25) is 0 Å². The zero-order valence-corrected chi connectivity index (χ0v) is 14.7. The molecule has 0 bridgehead atoms. The summed E-state index contributed by atoms with van der Waals surface area (Å²) in [5.74, 6) is 1.93. The molecule has 1 saturated heterocycles. The van der Waals surface area contributed by atoms with Crippen molar-refractivity contribution in [1.82, 2.24) is 9.88 Å². The number of nitrogens with zero attached hydrogens (tertiary/aromatic N) is 2. The highest BCUT2D eigenvalue weighted by atomic mass is 16.5. The minimum absolute atomic E-state index is 0.507. The minimum atomic E-state index is -0.845. The predicted molar refractivity (Wildman–Crippen MR) is 98.7 cm³/mol. The summed E-state index contributed by atoms with van der Waals surface area (Å²) in [6.07, 6.45) is 4.43. The molecule has 26 heavy (non-hydrogen) atoms. The Morgan fingerprint density at radius 3 is 2.69 bits per heavy atom. The van der Waals surface area contributed by atoms with Gasteiger partial charge >= 0.3 is 6.09 Å².